The van der Waals surface area contributed by atoms with Gasteiger partial charge in [-0.1, -0.05) is 23.7 Å². The molecule has 4 rings (SSSR count). The van der Waals surface area contributed by atoms with Gasteiger partial charge in [0.2, 0.25) is 6.79 Å². The minimum atomic E-state index is -0.530. The van der Waals surface area contributed by atoms with Crippen molar-refractivity contribution in [3.63, 3.8) is 0 Å². The number of rotatable bonds is 8. The molecule has 1 heterocycles. The van der Waals surface area contributed by atoms with Crippen LogP contribution in [-0.2, 0) is 11.4 Å². The monoisotopic (exact) mass is 483 g/mol. The van der Waals surface area contributed by atoms with Gasteiger partial charge in [-0.3, -0.25) is 9.59 Å². The molecule has 0 bridgehead atoms. The molecule has 2 N–H and O–H groups in total. The molecule has 0 radical (unpaired) electrons. The van der Waals surface area contributed by atoms with Crippen molar-refractivity contribution in [1.82, 2.24) is 10.7 Å². The lowest BCUT2D eigenvalue weighted by Gasteiger charge is -2.11. The molecule has 0 saturated heterocycles. The summed E-state index contributed by atoms with van der Waals surface area (Å²) in [5.41, 5.74) is 3.92. The average molecular weight is 484 g/mol. The van der Waals surface area contributed by atoms with Crippen molar-refractivity contribution in [2.75, 3.05) is 13.3 Å². The molecule has 3 aromatic rings. The number of nitrogens with one attached hydrogen (secondary N) is 2. The summed E-state index contributed by atoms with van der Waals surface area (Å²) in [6.45, 7) is 0.0350. The minimum absolute atomic E-state index is 0.150. The fourth-order valence-electron chi connectivity index (χ4n) is 3.02. The Labute approximate surface area is 199 Å². The zero-order valence-corrected chi connectivity index (χ0v) is 18.5. The predicted molar refractivity (Wildman–Crippen MR) is 123 cm³/mol. The van der Waals surface area contributed by atoms with Gasteiger partial charge in [0.1, 0.15) is 18.2 Å². The third kappa shape index (κ3) is 5.81. The lowest BCUT2D eigenvalue weighted by molar-refractivity contribution is -0.120. The maximum atomic E-state index is 12.9. The Kier molecular flexibility index (Phi) is 7.24. The zero-order valence-electron chi connectivity index (χ0n) is 17.7. The summed E-state index contributed by atoms with van der Waals surface area (Å²) in [6.07, 6.45) is 1.43. The average Bonchev–Trinajstić information content (AvgIpc) is 3.29. The SMILES string of the molecule is O=C(CNC(=O)c1ccc(F)cc1)N/N=C/c1ccccc1OCc1cc2c(cc1Cl)OCO2. The van der Waals surface area contributed by atoms with Crippen molar-refractivity contribution in [2.24, 2.45) is 5.10 Å². The Morgan fingerprint density at radius 2 is 1.82 bits per heavy atom. The summed E-state index contributed by atoms with van der Waals surface area (Å²) >= 11 is 6.29. The van der Waals surface area contributed by atoms with Gasteiger partial charge in [-0.15, -0.1) is 0 Å². The van der Waals surface area contributed by atoms with E-state index in [-0.39, 0.29) is 25.5 Å². The predicted octanol–water partition coefficient (Wildman–Crippen LogP) is 3.67. The molecule has 8 nitrogen and oxygen atoms in total. The van der Waals surface area contributed by atoms with Crippen molar-refractivity contribution in [3.8, 4) is 17.2 Å². The number of hydrogen-bond acceptors (Lipinski definition) is 6. The minimum Gasteiger partial charge on any atom is -0.488 e. The Bertz CT molecular complexity index is 1230. The number of halogens is 2. The number of hydrazone groups is 1. The molecule has 0 aromatic heterocycles. The first-order valence-corrected chi connectivity index (χ1v) is 10.5. The van der Waals surface area contributed by atoms with E-state index in [2.05, 4.69) is 15.8 Å². The van der Waals surface area contributed by atoms with Crippen molar-refractivity contribution >= 4 is 29.6 Å². The number of benzene rings is 3. The first kappa shape index (κ1) is 23.1. The summed E-state index contributed by atoms with van der Waals surface area (Å²) in [5, 5.41) is 6.84. The first-order chi connectivity index (χ1) is 16.5. The standard InChI is InChI=1S/C24H19ClFN3O5/c25-19-10-22-21(33-14-34-22)9-17(19)13-32-20-4-2-1-3-16(20)11-28-29-23(30)12-27-24(31)15-5-7-18(26)8-6-15/h1-11H,12-14H2,(H,27,31)(H,29,30)/b28-11+. The van der Waals surface area contributed by atoms with E-state index in [1.165, 1.54) is 30.5 Å². The molecule has 0 unspecified atom stereocenters. The second kappa shape index (κ2) is 10.7. The van der Waals surface area contributed by atoms with Gasteiger partial charge < -0.3 is 19.5 Å². The van der Waals surface area contributed by atoms with Crippen molar-refractivity contribution < 1.29 is 28.2 Å². The lowest BCUT2D eigenvalue weighted by atomic mass is 10.2. The molecule has 1 aliphatic heterocycles. The summed E-state index contributed by atoms with van der Waals surface area (Å²) in [5.74, 6) is 0.237. The second-order valence-corrected chi connectivity index (χ2v) is 7.51. The van der Waals surface area contributed by atoms with Gasteiger partial charge in [-0.25, -0.2) is 9.82 Å². The number of para-hydroxylation sites is 1. The number of ether oxygens (including phenoxy) is 3. The number of carbonyl (C=O) groups is 2. The molecule has 2 amide bonds. The van der Waals surface area contributed by atoms with Gasteiger partial charge >= 0.3 is 0 Å². The third-order valence-corrected chi connectivity index (χ3v) is 5.10. The summed E-state index contributed by atoms with van der Waals surface area (Å²) in [6, 6.07) is 15.6. The molecule has 3 aromatic carbocycles. The maximum Gasteiger partial charge on any atom is 0.259 e. The van der Waals surface area contributed by atoms with Gasteiger partial charge in [0.25, 0.3) is 11.8 Å². The van der Waals surface area contributed by atoms with Crippen LogP contribution in [0.1, 0.15) is 21.5 Å². The van der Waals surface area contributed by atoms with E-state index in [4.69, 9.17) is 25.8 Å². The highest BCUT2D eigenvalue weighted by Crippen LogP contribution is 2.37. The van der Waals surface area contributed by atoms with Crippen LogP contribution >= 0.6 is 11.6 Å². The summed E-state index contributed by atoms with van der Waals surface area (Å²) in [7, 11) is 0. The second-order valence-electron chi connectivity index (χ2n) is 7.11. The van der Waals surface area contributed by atoms with Crippen LogP contribution < -0.4 is 25.0 Å². The quantitative estimate of drug-likeness (QED) is 0.376. The molecule has 0 aliphatic carbocycles. The summed E-state index contributed by atoms with van der Waals surface area (Å²) < 4.78 is 29.5. The lowest BCUT2D eigenvalue weighted by Crippen LogP contribution is -2.34. The maximum absolute atomic E-state index is 12.9. The highest BCUT2D eigenvalue weighted by atomic mass is 35.5. The van der Waals surface area contributed by atoms with Crippen LogP contribution in [0, 0.1) is 5.82 Å². The fourth-order valence-corrected chi connectivity index (χ4v) is 3.23. The van der Waals surface area contributed by atoms with Crippen molar-refractivity contribution in [2.45, 2.75) is 6.61 Å². The normalized spacial score (nSPS) is 11.9. The van der Waals surface area contributed by atoms with Crippen LogP contribution in [0.15, 0.2) is 65.8 Å². The third-order valence-electron chi connectivity index (χ3n) is 4.75. The smallest absolute Gasteiger partial charge is 0.259 e. The van der Waals surface area contributed by atoms with E-state index in [1.807, 2.05) is 0 Å². The Morgan fingerprint density at radius 3 is 2.62 bits per heavy atom. The molecule has 10 heteroatoms. The molecule has 34 heavy (non-hydrogen) atoms. The van der Waals surface area contributed by atoms with E-state index in [1.54, 1.807) is 36.4 Å². The largest absolute Gasteiger partial charge is 0.488 e. The number of carbonyl (C=O) groups excluding carboxylic acids is 2. The Balaban J connectivity index is 1.30. The van der Waals surface area contributed by atoms with Gasteiger partial charge in [-0.05, 0) is 42.5 Å². The molecule has 0 fully saturated rings. The van der Waals surface area contributed by atoms with Crippen LogP contribution in [0.25, 0.3) is 0 Å². The van der Waals surface area contributed by atoms with Crippen molar-refractivity contribution in [1.29, 1.82) is 0 Å². The van der Waals surface area contributed by atoms with Gasteiger partial charge in [-0.2, -0.15) is 5.10 Å². The van der Waals surface area contributed by atoms with E-state index in [0.717, 1.165) is 5.56 Å². The highest BCUT2D eigenvalue weighted by Gasteiger charge is 2.17. The topological polar surface area (TPSA) is 98.3 Å². The van der Waals surface area contributed by atoms with E-state index in [0.29, 0.717) is 27.8 Å². The number of amides is 2. The van der Waals surface area contributed by atoms with Crippen LogP contribution in [0.5, 0.6) is 17.2 Å². The van der Waals surface area contributed by atoms with E-state index in [9.17, 15) is 14.0 Å². The molecule has 0 atom stereocenters. The number of nitrogens with zero attached hydrogens (tertiary/aromatic N) is 1. The molecule has 174 valence electrons. The van der Waals surface area contributed by atoms with Crippen molar-refractivity contribution in [3.05, 3.63) is 88.2 Å². The molecular formula is C24H19ClFN3O5. The van der Waals surface area contributed by atoms with E-state index >= 15 is 0 Å². The zero-order chi connectivity index (χ0) is 23.9. The summed E-state index contributed by atoms with van der Waals surface area (Å²) in [4.78, 5) is 24.0. The Hall–Kier alpha value is -4.11. The van der Waals surface area contributed by atoms with Crippen LogP contribution in [0.4, 0.5) is 4.39 Å². The van der Waals surface area contributed by atoms with Crippen LogP contribution in [0.3, 0.4) is 0 Å². The van der Waals surface area contributed by atoms with Crippen LogP contribution in [0.2, 0.25) is 5.02 Å². The highest BCUT2D eigenvalue weighted by molar-refractivity contribution is 6.31. The first-order valence-electron chi connectivity index (χ1n) is 10.1. The van der Waals surface area contributed by atoms with Gasteiger partial charge in [0.15, 0.2) is 11.5 Å². The Morgan fingerprint density at radius 1 is 1.09 bits per heavy atom. The van der Waals surface area contributed by atoms with Crippen LogP contribution in [-0.4, -0.2) is 31.4 Å². The fraction of sp³-hybridized carbons (Fsp3) is 0.125. The molecular weight excluding hydrogens is 465 g/mol. The molecule has 0 spiro atoms. The van der Waals surface area contributed by atoms with Gasteiger partial charge in [0.05, 0.1) is 17.8 Å². The van der Waals surface area contributed by atoms with Gasteiger partial charge in [0, 0.05) is 22.8 Å². The number of hydrogen-bond donors (Lipinski definition) is 2. The van der Waals surface area contributed by atoms with E-state index < -0.39 is 17.6 Å². The molecule has 0 saturated carbocycles. The number of fused-ring (bicyclic) bond motifs is 1. The molecule has 1 aliphatic rings.